The molecule has 5 aromatic rings. The number of amides is 1. The molecule has 1 amide bonds. The maximum atomic E-state index is 13.3. The minimum absolute atomic E-state index is 0.113. The second kappa shape index (κ2) is 8.01. The van der Waals surface area contributed by atoms with Crippen LogP contribution in [0.4, 0.5) is 5.69 Å². The Balaban J connectivity index is 1.36. The summed E-state index contributed by atoms with van der Waals surface area (Å²) in [6.45, 7) is 2.12. The molecule has 0 aliphatic heterocycles. The van der Waals surface area contributed by atoms with Crippen molar-refractivity contribution in [3.63, 3.8) is 0 Å². The molecule has 1 aromatic carbocycles. The second-order valence-corrected chi connectivity index (χ2v) is 8.56. The fraction of sp³-hybridized carbons (Fsp3) is 0.200. The molecule has 0 unspecified atom stereocenters. The highest BCUT2D eigenvalue weighted by Gasteiger charge is 2.28. The predicted octanol–water partition coefficient (Wildman–Crippen LogP) is 2.94. The Morgan fingerprint density at radius 1 is 1.17 bits per heavy atom. The zero-order chi connectivity index (χ0) is 24.1. The lowest BCUT2D eigenvalue weighted by molar-refractivity contribution is 0.102. The summed E-state index contributed by atoms with van der Waals surface area (Å²) in [6.07, 6.45) is 7.39. The predicted molar refractivity (Wildman–Crippen MR) is 131 cm³/mol. The number of imidazole rings is 1. The Bertz CT molecular complexity index is 1690. The van der Waals surface area contributed by atoms with Gasteiger partial charge in [-0.25, -0.2) is 19.7 Å². The average molecular weight is 467 g/mol. The van der Waals surface area contributed by atoms with E-state index in [0.717, 1.165) is 29.8 Å². The van der Waals surface area contributed by atoms with Gasteiger partial charge in [0.2, 0.25) is 5.78 Å². The number of hydrogen-bond donors (Lipinski definition) is 2. The fourth-order valence-corrected chi connectivity index (χ4v) is 4.25. The van der Waals surface area contributed by atoms with Crippen molar-refractivity contribution >= 4 is 28.4 Å². The Hall–Kier alpha value is -4.60. The van der Waals surface area contributed by atoms with Crippen molar-refractivity contribution in [2.24, 2.45) is 0 Å². The van der Waals surface area contributed by atoms with E-state index in [1.54, 1.807) is 31.3 Å². The van der Waals surface area contributed by atoms with Crippen molar-refractivity contribution in [2.75, 3.05) is 5.32 Å². The quantitative estimate of drug-likeness (QED) is 0.409. The van der Waals surface area contributed by atoms with E-state index in [4.69, 9.17) is 0 Å². The van der Waals surface area contributed by atoms with Crippen molar-refractivity contribution in [1.82, 2.24) is 28.9 Å². The molecular formula is C25H21N7O3. The van der Waals surface area contributed by atoms with Crippen LogP contribution in [0.25, 0.3) is 28.1 Å². The normalized spacial score (nSPS) is 13.4. The fourth-order valence-electron chi connectivity index (χ4n) is 4.25. The number of H-pyrrole nitrogens is 1. The zero-order valence-electron chi connectivity index (χ0n) is 18.9. The van der Waals surface area contributed by atoms with Gasteiger partial charge in [0.25, 0.3) is 11.5 Å². The summed E-state index contributed by atoms with van der Waals surface area (Å²) in [5.41, 5.74) is 2.23. The average Bonchev–Trinajstić information content (AvgIpc) is 3.62. The molecule has 4 aromatic heterocycles. The van der Waals surface area contributed by atoms with Crippen molar-refractivity contribution in [3.05, 3.63) is 87.1 Å². The van der Waals surface area contributed by atoms with Gasteiger partial charge in [-0.1, -0.05) is 12.1 Å². The third-order valence-corrected chi connectivity index (χ3v) is 6.20. The van der Waals surface area contributed by atoms with Gasteiger partial charge < -0.3 is 5.32 Å². The zero-order valence-corrected chi connectivity index (χ0v) is 18.9. The van der Waals surface area contributed by atoms with E-state index < -0.39 is 17.2 Å². The number of anilines is 1. The van der Waals surface area contributed by atoms with E-state index in [1.165, 1.54) is 4.57 Å². The molecule has 0 spiro atoms. The molecule has 1 aliphatic carbocycles. The van der Waals surface area contributed by atoms with Crippen LogP contribution < -0.4 is 16.6 Å². The van der Waals surface area contributed by atoms with Crippen LogP contribution in [0.1, 0.15) is 41.7 Å². The molecule has 0 saturated heterocycles. The van der Waals surface area contributed by atoms with Gasteiger partial charge in [-0.2, -0.15) is 0 Å². The van der Waals surface area contributed by atoms with Crippen molar-refractivity contribution in [2.45, 2.75) is 32.2 Å². The van der Waals surface area contributed by atoms with Crippen LogP contribution in [-0.2, 0) is 6.54 Å². The molecule has 35 heavy (non-hydrogen) atoms. The van der Waals surface area contributed by atoms with Gasteiger partial charge in [0, 0.05) is 48.0 Å². The summed E-state index contributed by atoms with van der Waals surface area (Å²) in [7, 11) is 0. The number of benzene rings is 1. The summed E-state index contributed by atoms with van der Waals surface area (Å²) in [5.74, 6) is 0.410. The number of aryl methyl sites for hydroxylation is 1. The maximum Gasteiger partial charge on any atom is 0.329 e. The molecule has 10 heteroatoms. The lowest BCUT2D eigenvalue weighted by Gasteiger charge is -2.12. The Morgan fingerprint density at radius 2 is 1.97 bits per heavy atom. The summed E-state index contributed by atoms with van der Waals surface area (Å²) in [4.78, 5) is 54.0. The molecule has 1 aliphatic rings. The minimum Gasteiger partial charge on any atom is -0.322 e. The molecule has 4 heterocycles. The Labute approximate surface area is 198 Å². The van der Waals surface area contributed by atoms with Gasteiger partial charge >= 0.3 is 5.69 Å². The number of nitrogens with one attached hydrogen (secondary N) is 2. The summed E-state index contributed by atoms with van der Waals surface area (Å²) < 4.78 is 3.22. The van der Waals surface area contributed by atoms with Crippen molar-refractivity contribution < 1.29 is 4.79 Å². The standard InChI is InChI=1S/C25H21N7O3/c1-2-32-21-20(23(34)30-25(32)35)17(12-18(28-21)14-4-5-14)22(33)27-16-8-6-15(7-9-16)19-13-31-11-3-10-26-24(31)29-19/h3,6-14H,2,4-5H2,1H3,(H,27,33)(H,30,34,35). The number of aromatic nitrogens is 6. The van der Waals surface area contributed by atoms with Crippen molar-refractivity contribution in [3.8, 4) is 11.3 Å². The number of carbonyl (C=O) groups is 1. The highest BCUT2D eigenvalue weighted by Crippen LogP contribution is 2.40. The van der Waals surface area contributed by atoms with Gasteiger partial charge in [0.15, 0.2) is 5.65 Å². The van der Waals surface area contributed by atoms with Crippen LogP contribution in [0, 0.1) is 0 Å². The smallest absolute Gasteiger partial charge is 0.322 e. The minimum atomic E-state index is -0.620. The highest BCUT2D eigenvalue weighted by atomic mass is 16.2. The first-order chi connectivity index (χ1) is 17.0. The van der Waals surface area contributed by atoms with Crippen LogP contribution in [0.5, 0.6) is 0 Å². The molecule has 10 nitrogen and oxygen atoms in total. The first-order valence-electron chi connectivity index (χ1n) is 11.4. The lowest BCUT2D eigenvalue weighted by Crippen LogP contribution is -2.32. The van der Waals surface area contributed by atoms with E-state index in [1.807, 2.05) is 35.0 Å². The maximum absolute atomic E-state index is 13.3. The third kappa shape index (κ3) is 3.68. The molecule has 6 rings (SSSR count). The first kappa shape index (κ1) is 21.0. The highest BCUT2D eigenvalue weighted by molar-refractivity contribution is 6.12. The first-order valence-corrected chi connectivity index (χ1v) is 11.4. The summed E-state index contributed by atoms with van der Waals surface area (Å²) >= 11 is 0. The van der Waals surface area contributed by atoms with Crippen LogP contribution in [0.2, 0.25) is 0 Å². The molecular weight excluding hydrogens is 446 g/mol. The monoisotopic (exact) mass is 467 g/mol. The molecule has 174 valence electrons. The van der Waals surface area contributed by atoms with Gasteiger partial charge in [0.1, 0.15) is 0 Å². The molecule has 1 saturated carbocycles. The summed E-state index contributed by atoms with van der Waals surface area (Å²) in [6, 6.07) is 10.8. The van der Waals surface area contributed by atoms with Crippen molar-refractivity contribution in [1.29, 1.82) is 0 Å². The molecule has 0 atom stereocenters. The lowest BCUT2D eigenvalue weighted by atomic mass is 10.1. The van der Waals surface area contributed by atoms with E-state index >= 15 is 0 Å². The largest absolute Gasteiger partial charge is 0.329 e. The van der Waals surface area contributed by atoms with Gasteiger partial charge in [0.05, 0.1) is 16.6 Å². The Morgan fingerprint density at radius 3 is 2.69 bits per heavy atom. The topological polar surface area (TPSA) is 127 Å². The number of hydrogen-bond acceptors (Lipinski definition) is 6. The van der Waals surface area contributed by atoms with E-state index in [9.17, 15) is 14.4 Å². The van der Waals surface area contributed by atoms with Gasteiger partial charge in [-0.05, 0) is 44.0 Å². The molecule has 1 fully saturated rings. The third-order valence-electron chi connectivity index (χ3n) is 6.20. The second-order valence-electron chi connectivity index (χ2n) is 8.56. The Kier molecular flexibility index (Phi) is 4.80. The number of fused-ring (bicyclic) bond motifs is 2. The number of rotatable bonds is 5. The number of nitrogens with zero attached hydrogens (tertiary/aromatic N) is 5. The van der Waals surface area contributed by atoms with Crippen LogP contribution in [0.15, 0.2) is 64.6 Å². The van der Waals surface area contributed by atoms with Gasteiger partial charge in [-0.3, -0.25) is 23.5 Å². The molecule has 0 bridgehead atoms. The van der Waals surface area contributed by atoms with E-state index in [0.29, 0.717) is 18.0 Å². The number of pyridine rings is 1. The van der Waals surface area contributed by atoms with Crippen LogP contribution in [-0.4, -0.2) is 34.8 Å². The van der Waals surface area contributed by atoms with Gasteiger partial charge in [-0.15, -0.1) is 0 Å². The summed E-state index contributed by atoms with van der Waals surface area (Å²) in [5, 5.41) is 2.99. The SMILES string of the molecule is CCn1c(=O)[nH]c(=O)c2c(C(=O)Nc3ccc(-c4cn5cccnc5n4)cc3)cc(C3CC3)nc21. The number of carbonyl (C=O) groups excluding carboxylic acids is 1. The molecule has 0 radical (unpaired) electrons. The number of aromatic amines is 1. The van der Waals surface area contributed by atoms with Crippen LogP contribution in [0.3, 0.4) is 0 Å². The van der Waals surface area contributed by atoms with E-state index in [-0.39, 0.29) is 22.5 Å². The van der Waals surface area contributed by atoms with E-state index in [2.05, 4.69) is 25.3 Å². The van der Waals surface area contributed by atoms with Crippen LogP contribution >= 0.6 is 0 Å². The molecule has 2 N–H and O–H groups in total.